The van der Waals surface area contributed by atoms with Crippen molar-refractivity contribution in [2.75, 3.05) is 18.5 Å². The molecule has 2 saturated carbocycles. The average Bonchev–Trinajstić information content (AvgIpc) is 2.66. The van der Waals surface area contributed by atoms with Crippen LogP contribution in [0, 0.1) is 17.8 Å². The van der Waals surface area contributed by atoms with E-state index in [4.69, 9.17) is 4.74 Å². The van der Waals surface area contributed by atoms with E-state index in [9.17, 15) is 19.2 Å². The summed E-state index contributed by atoms with van der Waals surface area (Å²) in [5, 5.41) is 5.33. The number of esters is 1. The van der Waals surface area contributed by atoms with Gasteiger partial charge in [0.1, 0.15) is 5.78 Å². The van der Waals surface area contributed by atoms with Gasteiger partial charge in [-0.3, -0.25) is 19.2 Å². The summed E-state index contributed by atoms with van der Waals surface area (Å²) in [5.74, 6) is -1.17. The predicted molar refractivity (Wildman–Crippen MR) is 103 cm³/mol. The Balaban J connectivity index is 1.49. The molecule has 3 rings (SSSR count). The molecule has 0 radical (unpaired) electrons. The Morgan fingerprint density at radius 1 is 1.14 bits per heavy atom. The minimum absolute atomic E-state index is 0.0316. The number of hydrogen-bond acceptors (Lipinski definition) is 5. The van der Waals surface area contributed by atoms with Crippen molar-refractivity contribution in [3.8, 4) is 0 Å². The SMILES string of the molecule is CCNC(=O)c1cccc(NC(=O)COC(=O)C2C[C@H]3CCC[C@@H](C2)C3=O)c1. The van der Waals surface area contributed by atoms with Crippen LogP contribution in [0.1, 0.15) is 49.4 Å². The van der Waals surface area contributed by atoms with Gasteiger partial charge in [-0.15, -0.1) is 0 Å². The molecule has 2 fully saturated rings. The Hall–Kier alpha value is -2.70. The summed E-state index contributed by atoms with van der Waals surface area (Å²) in [4.78, 5) is 48.4. The first kappa shape index (κ1) is 20.0. The van der Waals surface area contributed by atoms with Crippen molar-refractivity contribution in [3.05, 3.63) is 29.8 Å². The topological polar surface area (TPSA) is 102 Å². The fourth-order valence-corrected chi connectivity index (χ4v) is 4.12. The Morgan fingerprint density at radius 2 is 1.86 bits per heavy atom. The van der Waals surface area contributed by atoms with Gasteiger partial charge in [0.2, 0.25) is 0 Å². The fourth-order valence-electron chi connectivity index (χ4n) is 4.12. The number of amides is 2. The number of Topliss-reactive ketones (excluding diaryl/α,β-unsaturated/α-hetero) is 1. The van der Waals surface area contributed by atoms with Crippen LogP contribution < -0.4 is 10.6 Å². The minimum Gasteiger partial charge on any atom is -0.455 e. The van der Waals surface area contributed by atoms with Crippen LogP contribution in [0.2, 0.25) is 0 Å². The monoisotopic (exact) mass is 386 g/mol. The van der Waals surface area contributed by atoms with Gasteiger partial charge in [-0.05, 0) is 50.8 Å². The molecular formula is C21H26N2O5. The molecule has 7 nitrogen and oxygen atoms in total. The zero-order valence-electron chi connectivity index (χ0n) is 16.0. The molecule has 0 saturated heterocycles. The van der Waals surface area contributed by atoms with Gasteiger partial charge in [-0.25, -0.2) is 0 Å². The van der Waals surface area contributed by atoms with Crippen LogP contribution in [0.4, 0.5) is 5.69 Å². The van der Waals surface area contributed by atoms with Crippen LogP contribution in [-0.4, -0.2) is 36.7 Å². The van der Waals surface area contributed by atoms with Gasteiger partial charge < -0.3 is 15.4 Å². The smallest absolute Gasteiger partial charge is 0.309 e. The summed E-state index contributed by atoms with van der Waals surface area (Å²) in [7, 11) is 0. The number of carbonyl (C=O) groups is 4. The lowest BCUT2D eigenvalue weighted by Gasteiger charge is -2.36. The van der Waals surface area contributed by atoms with Gasteiger partial charge in [-0.1, -0.05) is 12.5 Å². The highest BCUT2D eigenvalue weighted by Gasteiger charge is 2.41. The number of fused-ring (bicyclic) bond motifs is 2. The highest BCUT2D eigenvalue weighted by Crippen LogP contribution is 2.40. The molecule has 7 heteroatoms. The minimum atomic E-state index is -0.464. The Kier molecular flexibility index (Phi) is 6.44. The van der Waals surface area contributed by atoms with E-state index in [0.29, 0.717) is 36.4 Å². The molecule has 0 aromatic heterocycles. The molecule has 2 bridgehead atoms. The summed E-state index contributed by atoms with van der Waals surface area (Å²) in [5.41, 5.74) is 0.901. The zero-order valence-corrected chi connectivity index (χ0v) is 16.0. The van der Waals surface area contributed by atoms with E-state index in [1.807, 2.05) is 6.92 Å². The number of nitrogens with one attached hydrogen (secondary N) is 2. The van der Waals surface area contributed by atoms with Gasteiger partial charge in [0, 0.05) is 29.6 Å². The van der Waals surface area contributed by atoms with Crippen LogP contribution in [-0.2, 0) is 19.1 Å². The average molecular weight is 386 g/mol. The van der Waals surface area contributed by atoms with Crippen molar-refractivity contribution in [3.63, 3.8) is 0 Å². The summed E-state index contributed by atoms with van der Waals surface area (Å²) < 4.78 is 5.19. The van der Waals surface area contributed by atoms with Crippen molar-refractivity contribution >= 4 is 29.3 Å². The molecule has 0 aliphatic heterocycles. The van der Waals surface area contributed by atoms with Crippen molar-refractivity contribution in [2.45, 2.75) is 39.0 Å². The number of hydrogen-bond donors (Lipinski definition) is 2. The van der Waals surface area contributed by atoms with E-state index in [1.165, 1.54) is 0 Å². The standard InChI is InChI=1S/C21H26N2O5/c1-2-22-20(26)15-7-4-8-17(11-15)23-18(24)12-28-21(27)16-9-13-5-3-6-14(10-16)19(13)25/h4,7-8,11,13-14,16H,2-3,5-6,9-10,12H2,1H3,(H,22,26)(H,23,24)/t13-,14+,16?. The largest absolute Gasteiger partial charge is 0.455 e. The van der Waals surface area contributed by atoms with E-state index in [1.54, 1.807) is 24.3 Å². The maximum absolute atomic E-state index is 12.3. The second-order valence-corrected chi connectivity index (χ2v) is 7.49. The van der Waals surface area contributed by atoms with E-state index >= 15 is 0 Å². The number of anilines is 1. The van der Waals surface area contributed by atoms with Gasteiger partial charge >= 0.3 is 5.97 Å². The summed E-state index contributed by atoms with van der Waals surface area (Å²) in [6.45, 7) is 1.96. The Labute approximate surface area is 164 Å². The van der Waals surface area contributed by atoms with Crippen LogP contribution in [0.15, 0.2) is 24.3 Å². The van der Waals surface area contributed by atoms with Crippen molar-refractivity contribution < 1.29 is 23.9 Å². The third-order valence-corrected chi connectivity index (χ3v) is 5.47. The molecule has 150 valence electrons. The molecule has 0 spiro atoms. The van der Waals surface area contributed by atoms with Gasteiger partial charge in [0.15, 0.2) is 6.61 Å². The summed E-state index contributed by atoms with van der Waals surface area (Å²) >= 11 is 0. The fraction of sp³-hybridized carbons (Fsp3) is 0.524. The molecule has 2 aliphatic rings. The molecule has 2 N–H and O–H groups in total. The van der Waals surface area contributed by atoms with Crippen LogP contribution in [0.5, 0.6) is 0 Å². The highest BCUT2D eigenvalue weighted by atomic mass is 16.5. The van der Waals surface area contributed by atoms with E-state index in [0.717, 1.165) is 19.3 Å². The first-order valence-corrected chi connectivity index (χ1v) is 9.86. The lowest BCUT2D eigenvalue weighted by molar-refractivity contribution is -0.155. The Morgan fingerprint density at radius 3 is 2.54 bits per heavy atom. The molecule has 28 heavy (non-hydrogen) atoms. The van der Waals surface area contributed by atoms with Crippen LogP contribution in [0.3, 0.4) is 0 Å². The second-order valence-electron chi connectivity index (χ2n) is 7.49. The number of rotatable bonds is 6. The number of ether oxygens (including phenoxy) is 1. The summed E-state index contributed by atoms with van der Waals surface area (Å²) in [6, 6.07) is 6.56. The molecule has 0 heterocycles. The van der Waals surface area contributed by atoms with E-state index in [2.05, 4.69) is 10.6 Å². The van der Waals surface area contributed by atoms with Crippen molar-refractivity contribution in [1.82, 2.24) is 5.32 Å². The molecule has 2 aliphatic carbocycles. The maximum Gasteiger partial charge on any atom is 0.309 e. The first-order chi connectivity index (χ1) is 13.5. The van der Waals surface area contributed by atoms with Crippen LogP contribution >= 0.6 is 0 Å². The molecule has 1 unspecified atom stereocenters. The van der Waals surface area contributed by atoms with Gasteiger partial charge in [0.25, 0.3) is 11.8 Å². The molecule has 2 amide bonds. The molecule has 1 aromatic carbocycles. The van der Waals surface area contributed by atoms with Gasteiger partial charge in [0.05, 0.1) is 5.92 Å². The maximum atomic E-state index is 12.3. The van der Waals surface area contributed by atoms with Crippen molar-refractivity contribution in [2.24, 2.45) is 17.8 Å². The molecular weight excluding hydrogens is 360 g/mol. The van der Waals surface area contributed by atoms with Gasteiger partial charge in [-0.2, -0.15) is 0 Å². The number of benzene rings is 1. The van der Waals surface area contributed by atoms with Crippen LogP contribution in [0.25, 0.3) is 0 Å². The predicted octanol–water partition coefficient (Wildman–Crippen LogP) is 2.31. The lowest BCUT2D eigenvalue weighted by atomic mass is 9.67. The first-order valence-electron chi connectivity index (χ1n) is 9.86. The normalized spacial score (nSPS) is 23.6. The van der Waals surface area contributed by atoms with E-state index < -0.39 is 11.9 Å². The third kappa shape index (κ3) is 4.77. The molecule has 3 atom stereocenters. The molecule has 1 aromatic rings. The Bertz CT molecular complexity index is 760. The lowest BCUT2D eigenvalue weighted by Crippen LogP contribution is -2.40. The second kappa shape index (κ2) is 8.99. The highest BCUT2D eigenvalue weighted by molar-refractivity contribution is 5.97. The quantitative estimate of drug-likeness (QED) is 0.731. The number of carbonyl (C=O) groups excluding carboxylic acids is 4. The van der Waals surface area contributed by atoms with Crippen molar-refractivity contribution in [1.29, 1.82) is 0 Å². The third-order valence-electron chi connectivity index (χ3n) is 5.47. The van der Waals surface area contributed by atoms with E-state index in [-0.39, 0.29) is 30.3 Å². The summed E-state index contributed by atoms with van der Waals surface area (Å²) in [6.07, 6.45) is 3.80. The number of ketones is 1. The zero-order chi connectivity index (χ0) is 20.1.